The SMILES string of the molecule is C[C@@H]1CCCCN1CCCNC(=O)CCNC(=O)c1ccc(Cl)cc1. The third kappa shape index (κ3) is 7.04. The number of piperidine rings is 1. The lowest BCUT2D eigenvalue weighted by Crippen LogP contribution is -2.39. The average molecular weight is 366 g/mol. The number of carbonyl (C=O) groups excluding carboxylic acids is 2. The highest BCUT2D eigenvalue weighted by molar-refractivity contribution is 6.30. The zero-order valence-electron chi connectivity index (χ0n) is 14.9. The summed E-state index contributed by atoms with van der Waals surface area (Å²) in [6, 6.07) is 7.34. The average Bonchev–Trinajstić information content (AvgIpc) is 2.60. The zero-order valence-corrected chi connectivity index (χ0v) is 15.6. The molecular weight excluding hydrogens is 338 g/mol. The Balaban J connectivity index is 1.55. The van der Waals surface area contributed by atoms with Gasteiger partial charge in [-0.15, -0.1) is 0 Å². The highest BCUT2D eigenvalue weighted by Gasteiger charge is 2.17. The molecule has 0 saturated carbocycles. The minimum atomic E-state index is -0.191. The summed E-state index contributed by atoms with van der Waals surface area (Å²) < 4.78 is 0. The van der Waals surface area contributed by atoms with Gasteiger partial charge < -0.3 is 15.5 Å². The number of hydrogen-bond donors (Lipinski definition) is 2. The smallest absolute Gasteiger partial charge is 0.251 e. The standard InChI is InChI=1S/C19H28ClN3O2/c1-15-5-2-3-13-23(15)14-4-11-21-18(24)10-12-22-19(25)16-6-8-17(20)9-7-16/h6-9,15H,2-5,10-14H2,1H3,(H,21,24)(H,22,25)/t15-/m1/s1. The van der Waals surface area contributed by atoms with E-state index in [2.05, 4.69) is 22.5 Å². The van der Waals surface area contributed by atoms with Gasteiger partial charge in [0.25, 0.3) is 5.91 Å². The van der Waals surface area contributed by atoms with Gasteiger partial charge in [0.2, 0.25) is 5.91 Å². The Morgan fingerprint density at radius 2 is 1.92 bits per heavy atom. The summed E-state index contributed by atoms with van der Waals surface area (Å²) in [5, 5.41) is 6.26. The number of nitrogens with zero attached hydrogens (tertiary/aromatic N) is 1. The van der Waals surface area contributed by atoms with E-state index >= 15 is 0 Å². The Labute approximate surface area is 155 Å². The van der Waals surface area contributed by atoms with E-state index in [4.69, 9.17) is 11.6 Å². The predicted molar refractivity (Wildman–Crippen MR) is 101 cm³/mol. The van der Waals surface area contributed by atoms with Crippen LogP contribution in [0, 0.1) is 0 Å². The van der Waals surface area contributed by atoms with Crippen molar-refractivity contribution >= 4 is 23.4 Å². The van der Waals surface area contributed by atoms with Gasteiger partial charge in [-0.1, -0.05) is 18.0 Å². The van der Waals surface area contributed by atoms with Crippen LogP contribution < -0.4 is 10.6 Å². The maximum Gasteiger partial charge on any atom is 0.251 e. The van der Waals surface area contributed by atoms with Crippen LogP contribution in [0.4, 0.5) is 0 Å². The summed E-state index contributed by atoms with van der Waals surface area (Å²) in [4.78, 5) is 26.2. The van der Waals surface area contributed by atoms with Crippen molar-refractivity contribution in [2.24, 2.45) is 0 Å². The number of carbonyl (C=O) groups is 2. The zero-order chi connectivity index (χ0) is 18.1. The third-order valence-electron chi connectivity index (χ3n) is 4.63. The Kier molecular flexibility index (Phi) is 8.22. The van der Waals surface area contributed by atoms with Crippen molar-refractivity contribution < 1.29 is 9.59 Å². The van der Waals surface area contributed by atoms with Gasteiger partial charge in [0.1, 0.15) is 0 Å². The summed E-state index contributed by atoms with van der Waals surface area (Å²) in [7, 11) is 0. The number of benzene rings is 1. The van der Waals surface area contributed by atoms with Crippen molar-refractivity contribution in [3.8, 4) is 0 Å². The van der Waals surface area contributed by atoms with Crippen LogP contribution in [0.2, 0.25) is 5.02 Å². The van der Waals surface area contributed by atoms with Crippen LogP contribution in [0.3, 0.4) is 0 Å². The van der Waals surface area contributed by atoms with Crippen LogP contribution in [0.15, 0.2) is 24.3 Å². The van der Waals surface area contributed by atoms with Crippen molar-refractivity contribution in [2.75, 3.05) is 26.2 Å². The highest BCUT2D eigenvalue weighted by atomic mass is 35.5. The lowest BCUT2D eigenvalue weighted by molar-refractivity contribution is -0.120. The van der Waals surface area contributed by atoms with E-state index in [1.165, 1.54) is 25.8 Å². The van der Waals surface area contributed by atoms with Crippen LogP contribution in [-0.2, 0) is 4.79 Å². The summed E-state index contributed by atoms with van der Waals surface area (Å²) >= 11 is 5.79. The molecule has 1 aliphatic heterocycles. The van der Waals surface area contributed by atoms with Crippen LogP contribution in [0.1, 0.15) is 49.4 Å². The first-order valence-corrected chi connectivity index (χ1v) is 9.48. The molecule has 1 fully saturated rings. The van der Waals surface area contributed by atoms with Gasteiger partial charge >= 0.3 is 0 Å². The summed E-state index contributed by atoms with van der Waals surface area (Å²) in [6.07, 6.45) is 5.15. The fourth-order valence-electron chi connectivity index (χ4n) is 3.08. The fourth-order valence-corrected chi connectivity index (χ4v) is 3.21. The first kappa shape index (κ1) is 19.7. The highest BCUT2D eigenvalue weighted by Crippen LogP contribution is 2.16. The second-order valence-corrected chi connectivity index (χ2v) is 7.03. The molecule has 0 unspecified atom stereocenters. The van der Waals surface area contributed by atoms with E-state index in [0.29, 0.717) is 36.1 Å². The first-order chi connectivity index (χ1) is 12.1. The normalized spacial score (nSPS) is 17.9. The molecule has 138 valence electrons. The number of amides is 2. The van der Waals surface area contributed by atoms with Crippen LogP contribution >= 0.6 is 11.6 Å². The summed E-state index contributed by atoms with van der Waals surface area (Å²) in [6.45, 7) is 5.51. The number of nitrogens with one attached hydrogen (secondary N) is 2. The van der Waals surface area contributed by atoms with Crippen LogP contribution in [-0.4, -0.2) is 48.9 Å². The van der Waals surface area contributed by atoms with Gasteiger partial charge in [-0.25, -0.2) is 0 Å². The maximum atomic E-state index is 11.9. The molecule has 0 bridgehead atoms. The quantitative estimate of drug-likeness (QED) is 0.696. The number of halogens is 1. The Hall–Kier alpha value is -1.59. The van der Waals surface area contributed by atoms with E-state index < -0.39 is 0 Å². The molecule has 0 aromatic heterocycles. The van der Waals surface area contributed by atoms with E-state index in [1.54, 1.807) is 24.3 Å². The van der Waals surface area contributed by atoms with Gasteiger partial charge in [0.15, 0.2) is 0 Å². The van der Waals surface area contributed by atoms with Crippen LogP contribution in [0.25, 0.3) is 0 Å². The minimum Gasteiger partial charge on any atom is -0.356 e. The summed E-state index contributed by atoms with van der Waals surface area (Å²) in [5.41, 5.74) is 0.542. The molecule has 1 heterocycles. The van der Waals surface area contributed by atoms with Crippen molar-refractivity contribution in [3.63, 3.8) is 0 Å². The largest absolute Gasteiger partial charge is 0.356 e. The maximum absolute atomic E-state index is 11.9. The molecule has 0 spiro atoms. The van der Waals surface area contributed by atoms with Gasteiger partial charge in [0, 0.05) is 42.7 Å². The molecule has 1 aromatic carbocycles. The first-order valence-electron chi connectivity index (χ1n) is 9.11. The molecular formula is C19H28ClN3O2. The second kappa shape index (κ2) is 10.4. The van der Waals surface area contributed by atoms with Crippen molar-refractivity contribution in [2.45, 2.75) is 45.1 Å². The Bertz CT molecular complexity index is 562. The molecule has 0 radical (unpaired) electrons. The van der Waals surface area contributed by atoms with Gasteiger partial charge in [-0.3, -0.25) is 9.59 Å². The molecule has 1 saturated heterocycles. The molecule has 2 amide bonds. The topological polar surface area (TPSA) is 61.4 Å². The van der Waals surface area contributed by atoms with Gasteiger partial charge in [-0.05, 0) is 57.0 Å². The van der Waals surface area contributed by atoms with Crippen molar-refractivity contribution in [3.05, 3.63) is 34.9 Å². The fraction of sp³-hybridized carbons (Fsp3) is 0.579. The molecule has 6 heteroatoms. The van der Waals surface area contributed by atoms with Gasteiger partial charge in [0.05, 0.1) is 0 Å². The molecule has 0 aliphatic carbocycles. The number of hydrogen-bond acceptors (Lipinski definition) is 3. The Morgan fingerprint density at radius 3 is 2.64 bits per heavy atom. The molecule has 25 heavy (non-hydrogen) atoms. The minimum absolute atomic E-state index is 0.0249. The van der Waals surface area contributed by atoms with E-state index in [9.17, 15) is 9.59 Å². The van der Waals surface area contributed by atoms with Crippen molar-refractivity contribution in [1.29, 1.82) is 0 Å². The molecule has 1 aliphatic rings. The van der Waals surface area contributed by atoms with E-state index in [-0.39, 0.29) is 11.8 Å². The van der Waals surface area contributed by atoms with Crippen LogP contribution in [0.5, 0.6) is 0 Å². The van der Waals surface area contributed by atoms with Gasteiger partial charge in [-0.2, -0.15) is 0 Å². The second-order valence-electron chi connectivity index (χ2n) is 6.60. The number of rotatable bonds is 8. The predicted octanol–water partition coefficient (Wildman–Crippen LogP) is 2.84. The van der Waals surface area contributed by atoms with Crippen molar-refractivity contribution in [1.82, 2.24) is 15.5 Å². The van der Waals surface area contributed by atoms with E-state index in [1.807, 2.05) is 0 Å². The molecule has 5 nitrogen and oxygen atoms in total. The molecule has 1 atom stereocenters. The molecule has 2 N–H and O–H groups in total. The lowest BCUT2D eigenvalue weighted by atomic mass is 10.0. The monoisotopic (exact) mass is 365 g/mol. The number of likely N-dealkylation sites (tertiary alicyclic amines) is 1. The van der Waals surface area contributed by atoms with E-state index in [0.717, 1.165) is 13.0 Å². The molecule has 2 rings (SSSR count). The molecule has 1 aromatic rings. The third-order valence-corrected chi connectivity index (χ3v) is 4.88. The Morgan fingerprint density at radius 1 is 1.16 bits per heavy atom. The lowest BCUT2D eigenvalue weighted by Gasteiger charge is -2.33. The summed E-state index contributed by atoms with van der Waals surface area (Å²) in [5.74, 6) is -0.216.